The van der Waals surface area contributed by atoms with E-state index in [1.165, 1.54) is 0 Å². The second kappa shape index (κ2) is 3.45. The van der Waals surface area contributed by atoms with Crippen LogP contribution in [0, 0.1) is 0 Å². The van der Waals surface area contributed by atoms with Crippen LogP contribution in [0.1, 0.15) is 11.9 Å². The fourth-order valence-corrected chi connectivity index (χ4v) is 2.52. The molecule has 0 aliphatic carbocycles. The Kier molecular flexibility index (Phi) is 2.75. The van der Waals surface area contributed by atoms with Gasteiger partial charge in [-0.05, 0) is 18.2 Å². The molecular formula is C9H16O2Si. The van der Waals surface area contributed by atoms with Gasteiger partial charge in [0.1, 0.15) is 11.9 Å². The lowest BCUT2D eigenvalue weighted by Gasteiger charge is -2.18. The molecule has 1 unspecified atom stereocenters. The molecule has 0 spiro atoms. The molecule has 1 atom stereocenters. The lowest BCUT2D eigenvalue weighted by Crippen LogP contribution is -2.22. The molecule has 0 amide bonds. The van der Waals surface area contributed by atoms with Gasteiger partial charge >= 0.3 is 0 Å². The van der Waals surface area contributed by atoms with Gasteiger partial charge in [-0.2, -0.15) is 0 Å². The Bertz CT molecular complexity index is 223. The van der Waals surface area contributed by atoms with Gasteiger partial charge in [-0.15, -0.1) is 0 Å². The minimum absolute atomic E-state index is 0.410. The van der Waals surface area contributed by atoms with Gasteiger partial charge in [0.25, 0.3) is 0 Å². The van der Waals surface area contributed by atoms with E-state index in [4.69, 9.17) is 4.42 Å². The molecule has 0 aliphatic rings. The molecule has 0 saturated carbocycles. The van der Waals surface area contributed by atoms with Crippen molar-refractivity contribution in [1.82, 2.24) is 0 Å². The summed E-state index contributed by atoms with van der Waals surface area (Å²) in [5.41, 5.74) is 0. The van der Waals surface area contributed by atoms with Gasteiger partial charge < -0.3 is 9.52 Å². The van der Waals surface area contributed by atoms with Gasteiger partial charge in [-0.25, -0.2) is 0 Å². The SMILES string of the molecule is C[Si](C)(C)CC(O)c1ccco1. The number of hydrogen-bond acceptors (Lipinski definition) is 2. The molecule has 1 N–H and O–H groups in total. The summed E-state index contributed by atoms with van der Waals surface area (Å²) in [6.45, 7) is 6.71. The van der Waals surface area contributed by atoms with E-state index in [1.54, 1.807) is 6.26 Å². The minimum atomic E-state index is -1.19. The molecule has 1 aromatic rings. The first kappa shape index (κ1) is 9.54. The summed E-state index contributed by atoms with van der Waals surface area (Å²) >= 11 is 0. The van der Waals surface area contributed by atoms with E-state index in [2.05, 4.69) is 19.6 Å². The summed E-state index contributed by atoms with van der Waals surface area (Å²) in [5, 5.41) is 9.69. The maximum Gasteiger partial charge on any atom is 0.131 e. The zero-order valence-corrected chi connectivity index (χ0v) is 8.87. The molecule has 1 aromatic heterocycles. The van der Waals surface area contributed by atoms with E-state index in [1.807, 2.05) is 12.1 Å². The van der Waals surface area contributed by atoms with Crippen LogP contribution in [0.15, 0.2) is 22.8 Å². The number of furan rings is 1. The topological polar surface area (TPSA) is 33.4 Å². The minimum Gasteiger partial charge on any atom is -0.467 e. The molecule has 0 aliphatic heterocycles. The Hall–Kier alpha value is -0.543. The third-order valence-corrected chi connectivity index (χ3v) is 3.29. The van der Waals surface area contributed by atoms with E-state index in [-0.39, 0.29) is 0 Å². The van der Waals surface area contributed by atoms with Crippen molar-refractivity contribution < 1.29 is 9.52 Å². The Morgan fingerprint density at radius 2 is 2.17 bits per heavy atom. The maximum atomic E-state index is 9.69. The number of aliphatic hydroxyl groups excluding tert-OH is 1. The summed E-state index contributed by atoms with van der Waals surface area (Å²) in [5.74, 6) is 0.692. The zero-order valence-electron chi connectivity index (χ0n) is 7.87. The average molecular weight is 184 g/mol. The first-order valence-corrected chi connectivity index (χ1v) is 7.91. The maximum absolute atomic E-state index is 9.69. The highest BCUT2D eigenvalue weighted by Crippen LogP contribution is 2.23. The summed E-state index contributed by atoms with van der Waals surface area (Å²) in [6, 6.07) is 4.49. The molecular weight excluding hydrogens is 168 g/mol. The van der Waals surface area contributed by atoms with Gasteiger partial charge in [-0.3, -0.25) is 0 Å². The van der Waals surface area contributed by atoms with E-state index in [9.17, 15) is 5.11 Å². The largest absolute Gasteiger partial charge is 0.467 e. The van der Waals surface area contributed by atoms with Crippen LogP contribution in [0.2, 0.25) is 25.7 Å². The molecule has 1 heterocycles. The van der Waals surface area contributed by atoms with E-state index >= 15 is 0 Å². The van der Waals surface area contributed by atoms with Gasteiger partial charge in [0.05, 0.1) is 6.26 Å². The van der Waals surface area contributed by atoms with E-state index in [0.29, 0.717) is 5.76 Å². The predicted octanol–water partition coefficient (Wildman–Crippen LogP) is 2.65. The van der Waals surface area contributed by atoms with Crippen molar-refractivity contribution in [3.05, 3.63) is 24.2 Å². The normalized spacial score (nSPS) is 14.7. The first-order valence-electron chi connectivity index (χ1n) is 4.20. The van der Waals surface area contributed by atoms with Crippen LogP contribution in [0.25, 0.3) is 0 Å². The Morgan fingerprint density at radius 3 is 2.58 bits per heavy atom. The Morgan fingerprint density at radius 1 is 1.50 bits per heavy atom. The van der Waals surface area contributed by atoms with Crippen molar-refractivity contribution in [2.45, 2.75) is 31.8 Å². The van der Waals surface area contributed by atoms with Crippen LogP contribution in [0.5, 0.6) is 0 Å². The Balaban J connectivity index is 2.56. The molecule has 0 fully saturated rings. The summed E-state index contributed by atoms with van der Waals surface area (Å²) in [4.78, 5) is 0. The second-order valence-electron chi connectivity index (χ2n) is 4.30. The van der Waals surface area contributed by atoms with Gasteiger partial charge in [0.2, 0.25) is 0 Å². The van der Waals surface area contributed by atoms with Crippen molar-refractivity contribution >= 4 is 8.07 Å². The molecule has 1 rings (SSSR count). The monoisotopic (exact) mass is 184 g/mol. The molecule has 3 heteroatoms. The Labute approximate surface area is 74.2 Å². The van der Waals surface area contributed by atoms with E-state index < -0.39 is 14.2 Å². The third kappa shape index (κ3) is 2.83. The molecule has 68 valence electrons. The van der Waals surface area contributed by atoms with Crippen LogP contribution < -0.4 is 0 Å². The van der Waals surface area contributed by atoms with Crippen molar-refractivity contribution in [3.8, 4) is 0 Å². The van der Waals surface area contributed by atoms with E-state index in [0.717, 1.165) is 6.04 Å². The summed E-state index contributed by atoms with van der Waals surface area (Å²) in [6.07, 6.45) is 1.19. The second-order valence-corrected chi connectivity index (χ2v) is 9.83. The molecule has 0 radical (unpaired) electrons. The number of aliphatic hydroxyl groups is 1. The lowest BCUT2D eigenvalue weighted by atomic mass is 10.3. The van der Waals surface area contributed by atoms with Crippen LogP contribution >= 0.6 is 0 Å². The first-order chi connectivity index (χ1) is 5.49. The fourth-order valence-electron chi connectivity index (χ4n) is 1.16. The smallest absolute Gasteiger partial charge is 0.131 e. The zero-order chi connectivity index (χ0) is 9.19. The molecule has 0 aromatic carbocycles. The predicted molar refractivity (Wildman–Crippen MR) is 51.8 cm³/mol. The molecule has 12 heavy (non-hydrogen) atoms. The third-order valence-electron chi connectivity index (χ3n) is 1.68. The molecule has 0 bridgehead atoms. The van der Waals surface area contributed by atoms with Crippen LogP contribution in [0.3, 0.4) is 0 Å². The van der Waals surface area contributed by atoms with Crippen LogP contribution in [0.4, 0.5) is 0 Å². The van der Waals surface area contributed by atoms with Gasteiger partial charge in [0, 0.05) is 8.07 Å². The number of hydrogen-bond donors (Lipinski definition) is 1. The lowest BCUT2D eigenvalue weighted by molar-refractivity contribution is 0.168. The number of rotatable bonds is 3. The van der Waals surface area contributed by atoms with Gasteiger partial charge in [0.15, 0.2) is 0 Å². The van der Waals surface area contributed by atoms with Crippen LogP contribution in [-0.2, 0) is 0 Å². The van der Waals surface area contributed by atoms with Crippen LogP contribution in [-0.4, -0.2) is 13.2 Å². The van der Waals surface area contributed by atoms with Crippen molar-refractivity contribution in [2.75, 3.05) is 0 Å². The fraction of sp³-hybridized carbons (Fsp3) is 0.556. The van der Waals surface area contributed by atoms with Crippen molar-refractivity contribution in [1.29, 1.82) is 0 Å². The molecule has 0 saturated heterocycles. The highest BCUT2D eigenvalue weighted by molar-refractivity contribution is 6.76. The summed E-state index contributed by atoms with van der Waals surface area (Å²) in [7, 11) is -1.19. The van der Waals surface area contributed by atoms with Gasteiger partial charge in [-0.1, -0.05) is 19.6 Å². The highest BCUT2D eigenvalue weighted by atomic mass is 28.3. The van der Waals surface area contributed by atoms with Crippen molar-refractivity contribution in [2.24, 2.45) is 0 Å². The highest BCUT2D eigenvalue weighted by Gasteiger charge is 2.21. The standard InChI is InChI=1S/C9H16O2Si/c1-12(2,3)7-8(10)9-5-4-6-11-9/h4-6,8,10H,7H2,1-3H3. The quantitative estimate of drug-likeness (QED) is 0.733. The molecule has 2 nitrogen and oxygen atoms in total. The summed E-state index contributed by atoms with van der Waals surface area (Å²) < 4.78 is 5.11. The average Bonchev–Trinajstić information content (AvgIpc) is 2.32. The van der Waals surface area contributed by atoms with Crippen molar-refractivity contribution in [3.63, 3.8) is 0 Å².